The van der Waals surface area contributed by atoms with E-state index in [-0.39, 0.29) is 25.7 Å². The van der Waals surface area contributed by atoms with Crippen LogP contribution in [0.4, 0.5) is 0 Å². The fourth-order valence-electron chi connectivity index (χ4n) is 8.58. The number of rotatable bonds is 58. The molecule has 0 rings (SSSR count). The normalized spacial score (nSPS) is 15.1. The number of phosphoric acid groups is 2. The number of unbranched alkanes of at least 4 members (excludes halogenated alkanes) is 26. The van der Waals surface area contributed by atoms with Gasteiger partial charge in [0.25, 0.3) is 0 Å². The highest BCUT2D eigenvalue weighted by Crippen LogP contribution is 2.45. The molecular weight excluding hydrogens is 1040 g/mol. The van der Waals surface area contributed by atoms with Crippen LogP contribution in [0.25, 0.3) is 0 Å². The molecule has 3 N–H and O–H groups in total. The third kappa shape index (κ3) is 51.0. The van der Waals surface area contributed by atoms with E-state index in [1.807, 2.05) is 0 Å². The quantitative estimate of drug-likeness (QED) is 0.0222. The molecule has 0 aliphatic heterocycles. The van der Waals surface area contributed by atoms with E-state index < -0.39 is 97.5 Å². The molecule has 0 spiro atoms. The van der Waals surface area contributed by atoms with Crippen molar-refractivity contribution in [1.29, 1.82) is 0 Å². The van der Waals surface area contributed by atoms with Crippen molar-refractivity contribution >= 4 is 39.5 Å². The molecule has 0 aliphatic carbocycles. The van der Waals surface area contributed by atoms with Gasteiger partial charge >= 0.3 is 39.5 Å². The lowest BCUT2D eigenvalue weighted by Gasteiger charge is -2.21. The van der Waals surface area contributed by atoms with Crippen molar-refractivity contribution < 1.29 is 80.2 Å². The Morgan fingerprint density at radius 3 is 0.910 bits per heavy atom. The Bertz CT molecular complexity index is 1550. The van der Waals surface area contributed by atoms with E-state index in [2.05, 4.69) is 41.5 Å². The van der Waals surface area contributed by atoms with Crippen LogP contribution in [0, 0.1) is 11.8 Å². The summed E-state index contributed by atoms with van der Waals surface area (Å²) in [7, 11) is -9.87. The molecule has 462 valence electrons. The Morgan fingerprint density at radius 2 is 0.615 bits per heavy atom. The standard InChI is InChI=1S/C59H114O17P2/c1-7-11-13-15-16-17-25-31-37-43-58(63)75-54(47-69-56(61)41-35-27-14-12-8-2)49-73-77(65,66)71-45-53(60)46-72-78(67,68)74-50-55(76-59(64)44-38-32-26-21-19-23-29-34-40-52(6)10-4)48-70-57(62)42-36-30-24-20-18-22-28-33-39-51(5)9-3/h51-55,60H,7-50H2,1-6H3,(H,65,66)(H,67,68)/t51?,52?,53-,54+,55+/m0/s1. The van der Waals surface area contributed by atoms with Crippen LogP contribution in [0.15, 0.2) is 0 Å². The second kappa shape index (κ2) is 51.9. The van der Waals surface area contributed by atoms with Gasteiger partial charge in [-0.15, -0.1) is 0 Å². The highest BCUT2D eigenvalue weighted by atomic mass is 31.2. The number of hydrogen-bond donors (Lipinski definition) is 3. The lowest BCUT2D eigenvalue weighted by atomic mass is 9.99. The van der Waals surface area contributed by atoms with E-state index in [1.165, 1.54) is 96.3 Å². The van der Waals surface area contributed by atoms with Gasteiger partial charge in [0.2, 0.25) is 0 Å². The lowest BCUT2D eigenvalue weighted by molar-refractivity contribution is -0.161. The first-order valence-electron chi connectivity index (χ1n) is 31.1. The number of aliphatic hydroxyl groups is 1. The maximum Gasteiger partial charge on any atom is 0.472 e. The van der Waals surface area contributed by atoms with Gasteiger partial charge in [-0.25, -0.2) is 9.13 Å². The van der Waals surface area contributed by atoms with Crippen molar-refractivity contribution in [3.63, 3.8) is 0 Å². The van der Waals surface area contributed by atoms with Crippen molar-refractivity contribution in [2.45, 2.75) is 304 Å². The summed E-state index contributed by atoms with van der Waals surface area (Å²) in [6.45, 7) is 9.35. The Kier molecular flexibility index (Phi) is 50.6. The Hall–Kier alpha value is -1.94. The third-order valence-corrected chi connectivity index (χ3v) is 16.1. The van der Waals surface area contributed by atoms with Crippen molar-refractivity contribution in [2.75, 3.05) is 39.6 Å². The number of phosphoric ester groups is 2. The van der Waals surface area contributed by atoms with Gasteiger partial charge in [0.05, 0.1) is 26.4 Å². The van der Waals surface area contributed by atoms with Crippen LogP contribution in [-0.4, -0.2) is 96.7 Å². The Balaban J connectivity index is 5.20. The topological polar surface area (TPSA) is 237 Å². The molecule has 0 aromatic heterocycles. The van der Waals surface area contributed by atoms with E-state index in [4.69, 9.17) is 37.0 Å². The van der Waals surface area contributed by atoms with Crippen LogP contribution in [0.5, 0.6) is 0 Å². The molecule has 0 fully saturated rings. The van der Waals surface area contributed by atoms with Gasteiger partial charge in [-0.05, 0) is 37.5 Å². The molecule has 0 radical (unpaired) electrons. The van der Waals surface area contributed by atoms with Crippen LogP contribution in [0.1, 0.15) is 286 Å². The third-order valence-electron chi connectivity index (χ3n) is 14.2. The summed E-state index contributed by atoms with van der Waals surface area (Å²) in [6, 6.07) is 0. The number of ether oxygens (including phenoxy) is 4. The summed E-state index contributed by atoms with van der Waals surface area (Å²) in [5.41, 5.74) is 0. The number of carbonyl (C=O) groups excluding carboxylic acids is 4. The molecule has 0 bridgehead atoms. The molecule has 0 aliphatic rings. The minimum absolute atomic E-state index is 0.104. The van der Waals surface area contributed by atoms with E-state index in [9.17, 15) is 43.2 Å². The fourth-order valence-corrected chi connectivity index (χ4v) is 10.2. The van der Waals surface area contributed by atoms with E-state index in [1.54, 1.807) is 0 Å². The molecular formula is C59H114O17P2. The first-order valence-corrected chi connectivity index (χ1v) is 34.1. The Labute approximate surface area is 473 Å². The zero-order valence-corrected chi connectivity index (χ0v) is 51.7. The molecule has 0 saturated heterocycles. The van der Waals surface area contributed by atoms with Gasteiger partial charge in [-0.2, -0.15) is 0 Å². The molecule has 78 heavy (non-hydrogen) atoms. The summed E-state index contributed by atoms with van der Waals surface area (Å²) in [4.78, 5) is 71.7. The number of hydrogen-bond acceptors (Lipinski definition) is 15. The van der Waals surface area contributed by atoms with Crippen LogP contribution < -0.4 is 0 Å². The predicted molar refractivity (Wildman–Crippen MR) is 308 cm³/mol. The summed E-state index contributed by atoms with van der Waals surface area (Å²) in [6.07, 6.45) is 32.3. The van der Waals surface area contributed by atoms with Gasteiger partial charge in [0.15, 0.2) is 12.2 Å². The average Bonchev–Trinajstić information content (AvgIpc) is 3.41. The molecule has 19 heteroatoms. The molecule has 0 saturated carbocycles. The van der Waals surface area contributed by atoms with Gasteiger partial charge in [0, 0.05) is 25.7 Å². The zero-order chi connectivity index (χ0) is 58.0. The van der Waals surface area contributed by atoms with E-state index >= 15 is 0 Å². The summed E-state index contributed by atoms with van der Waals surface area (Å²) in [5, 5.41) is 10.5. The fraction of sp³-hybridized carbons (Fsp3) is 0.932. The van der Waals surface area contributed by atoms with Crippen LogP contribution in [-0.2, 0) is 65.4 Å². The Morgan fingerprint density at radius 1 is 0.359 bits per heavy atom. The first-order chi connectivity index (χ1) is 37.4. The highest BCUT2D eigenvalue weighted by molar-refractivity contribution is 7.47. The molecule has 0 amide bonds. The monoisotopic (exact) mass is 1160 g/mol. The number of carbonyl (C=O) groups is 4. The van der Waals surface area contributed by atoms with Crippen molar-refractivity contribution in [3.8, 4) is 0 Å². The van der Waals surface area contributed by atoms with Crippen molar-refractivity contribution in [3.05, 3.63) is 0 Å². The largest absolute Gasteiger partial charge is 0.472 e. The van der Waals surface area contributed by atoms with Gasteiger partial charge < -0.3 is 33.8 Å². The minimum Gasteiger partial charge on any atom is -0.462 e. The highest BCUT2D eigenvalue weighted by Gasteiger charge is 2.30. The number of aliphatic hydroxyl groups excluding tert-OH is 1. The maximum absolute atomic E-state index is 12.9. The van der Waals surface area contributed by atoms with Crippen molar-refractivity contribution in [1.82, 2.24) is 0 Å². The summed E-state index contributed by atoms with van der Waals surface area (Å²) < 4.78 is 67.6. The van der Waals surface area contributed by atoms with Crippen LogP contribution in [0.2, 0.25) is 0 Å². The maximum atomic E-state index is 12.9. The van der Waals surface area contributed by atoms with Gasteiger partial charge in [-0.3, -0.25) is 37.3 Å². The van der Waals surface area contributed by atoms with E-state index in [0.717, 1.165) is 108 Å². The molecule has 0 heterocycles. The predicted octanol–water partition coefficient (Wildman–Crippen LogP) is 15.7. The molecule has 0 aromatic carbocycles. The molecule has 4 unspecified atom stereocenters. The summed E-state index contributed by atoms with van der Waals surface area (Å²) in [5.74, 6) is -0.607. The number of esters is 4. The summed E-state index contributed by atoms with van der Waals surface area (Å²) >= 11 is 0. The van der Waals surface area contributed by atoms with Crippen molar-refractivity contribution in [2.24, 2.45) is 11.8 Å². The SMILES string of the molecule is CCCCCCCCCCCC(=O)O[C@H](COC(=O)CCCCCCC)COP(=O)(O)OC[C@H](O)COP(=O)(O)OC[C@@H](COC(=O)CCCCCCCCCCC(C)CC)OC(=O)CCCCCCCCCCC(C)CC. The first kappa shape index (κ1) is 76.1. The minimum atomic E-state index is -4.94. The van der Waals surface area contributed by atoms with Crippen LogP contribution >= 0.6 is 15.6 Å². The smallest absolute Gasteiger partial charge is 0.462 e. The zero-order valence-electron chi connectivity index (χ0n) is 50.0. The van der Waals surface area contributed by atoms with E-state index in [0.29, 0.717) is 25.7 Å². The lowest BCUT2D eigenvalue weighted by Crippen LogP contribution is -2.30. The molecule has 7 atom stereocenters. The molecule has 0 aromatic rings. The second-order valence-corrected chi connectivity index (χ2v) is 24.8. The van der Waals surface area contributed by atoms with Gasteiger partial charge in [-0.1, -0.05) is 234 Å². The van der Waals surface area contributed by atoms with Gasteiger partial charge in [0.1, 0.15) is 19.3 Å². The van der Waals surface area contributed by atoms with Crippen LogP contribution in [0.3, 0.4) is 0 Å². The molecule has 17 nitrogen and oxygen atoms in total. The average molecular weight is 1160 g/mol. The second-order valence-electron chi connectivity index (χ2n) is 21.9.